The van der Waals surface area contributed by atoms with E-state index >= 15 is 0 Å². The van der Waals surface area contributed by atoms with Gasteiger partial charge in [-0.25, -0.2) is 4.79 Å². The number of carboxylic acid groups (broad SMARTS) is 2. The number of carbonyl (C=O) groups is 2. The summed E-state index contributed by atoms with van der Waals surface area (Å²) in [6.07, 6.45) is 0. The maximum absolute atomic E-state index is 10.4. The van der Waals surface area contributed by atoms with Crippen molar-refractivity contribution in [3.63, 3.8) is 0 Å². The summed E-state index contributed by atoms with van der Waals surface area (Å²) < 4.78 is 0. The zero-order chi connectivity index (χ0) is 14.3. The number of aryl methyl sites for hydroxylation is 1. The Bertz CT molecular complexity index is 415. The van der Waals surface area contributed by atoms with Crippen LogP contribution in [-0.4, -0.2) is 28.2 Å². The molecule has 0 bridgehead atoms. The lowest BCUT2D eigenvalue weighted by molar-refractivity contribution is -0.139. The van der Waals surface area contributed by atoms with Crippen molar-refractivity contribution in [1.29, 1.82) is 0 Å². The number of nitrogens with two attached hydrogens (primary N) is 1. The molecule has 4 N–H and O–H groups in total. The lowest BCUT2D eigenvalue weighted by atomic mass is 10.1. The monoisotopic (exact) mass is 253 g/mol. The number of benzene rings is 1. The second-order valence-electron chi connectivity index (χ2n) is 4.23. The highest BCUT2D eigenvalue weighted by Crippen LogP contribution is 2.05. The van der Waals surface area contributed by atoms with Gasteiger partial charge in [0, 0.05) is 0 Å². The zero-order valence-corrected chi connectivity index (χ0v) is 10.8. The molecule has 0 unspecified atom stereocenters. The Kier molecular flexibility index (Phi) is 6.67. The first-order valence-corrected chi connectivity index (χ1v) is 5.54. The summed E-state index contributed by atoms with van der Waals surface area (Å²) in [6, 6.07) is 6.20. The molecule has 0 aliphatic carbocycles. The van der Waals surface area contributed by atoms with Gasteiger partial charge in [-0.3, -0.25) is 4.79 Å². The van der Waals surface area contributed by atoms with Crippen LogP contribution in [-0.2, 0) is 4.79 Å². The highest BCUT2D eigenvalue weighted by molar-refractivity contribution is 5.89. The Hall–Kier alpha value is -1.88. The molecule has 1 rings (SSSR count). The fourth-order valence-electron chi connectivity index (χ4n) is 1.10. The predicted octanol–water partition coefficient (Wildman–Crippen LogP) is 1.75. The van der Waals surface area contributed by atoms with Crippen molar-refractivity contribution in [2.45, 2.75) is 26.8 Å². The standard InChI is InChI=1S/C8H8O2.C5H11NO2/c1-6-4-2-3-5-7(6)8(9)10;1-3(2)4(6)5(7)8/h2-5H,1H3,(H,9,10);3-4H,6H2,1-2H3,(H,7,8)/t;4-/m.0/s1. The first kappa shape index (κ1) is 16.1. The molecule has 1 atom stereocenters. The van der Waals surface area contributed by atoms with E-state index < -0.39 is 18.0 Å². The van der Waals surface area contributed by atoms with Crippen LogP contribution in [0.2, 0.25) is 0 Å². The number of hydrogen-bond acceptors (Lipinski definition) is 3. The van der Waals surface area contributed by atoms with E-state index in [1.807, 2.05) is 6.07 Å². The van der Waals surface area contributed by atoms with E-state index in [1.54, 1.807) is 39.0 Å². The predicted molar refractivity (Wildman–Crippen MR) is 68.6 cm³/mol. The lowest BCUT2D eigenvalue weighted by Crippen LogP contribution is -2.34. The highest BCUT2D eigenvalue weighted by Gasteiger charge is 2.14. The van der Waals surface area contributed by atoms with Crippen LogP contribution >= 0.6 is 0 Å². The van der Waals surface area contributed by atoms with Crippen LogP contribution in [0.15, 0.2) is 24.3 Å². The van der Waals surface area contributed by atoms with Gasteiger partial charge >= 0.3 is 11.9 Å². The van der Waals surface area contributed by atoms with E-state index in [1.165, 1.54) is 0 Å². The first-order valence-electron chi connectivity index (χ1n) is 5.54. The van der Waals surface area contributed by atoms with Crippen LogP contribution < -0.4 is 5.73 Å². The molecular formula is C13H19NO4. The summed E-state index contributed by atoms with van der Waals surface area (Å²) in [6.45, 7) is 5.33. The molecule has 1 aromatic carbocycles. The fourth-order valence-corrected chi connectivity index (χ4v) is 1.10. The van der Waals surface area contributed by atoms with Crippen molar-refractivity contribution in [2.75, 3.05) is 0 Å². The van der Waals surface area contributed by atoms with E-state index in [0.717, 1.165) is 5.56 Å². The minimum atomic E-state index is -0.931. The highest BCUT2D eigenvalue weighted by atomic mass is 16.4. The van der Waals surface area contributed by atoms with E-state index in [9.17, 15) is 9.59 Å². The van der Waals surface area contributed by atoms with Gasteiger partial charge in [-0.2, -0.15) is 0 Å². The van der Waals surface area contributed by atoms with Gasteiger partial charge < -0.3 is 15.9 Å². The first-order chi connectivity index (χ1) is 8.27. The zero-order valence-electron chi connectivity index (χ0n) is 10.8. The molecule has 0 aliphatic heterocycles. The number of aliphatic carboxylic acids is 1. The van der Waals surface area contributed by atoms with Gasteiger partial charge in [0.05, 0.1) is 5.56 Å². The third-order valence-corrected chi connectivity index (χ3v) is 2.38. The second-order valence-corrected chi connectivity index (χ2v) is 4.23. The summed E-state index contributed by atoms with van der Waals surface area (Å²) in [5.41, 5.74) is 6.34. The van der Waals surface area contributed by atoms with E-state index in [-0.39, 0.29) is 5.92 Å². The molecule has 100 valence electrons. The van der Waals surface area contributed by atoms with Crippen LogP contribution in [0.5, 0.6) is 0 Å². The minimum Gasteiger partial charge on any atom is -0.480 e. The number of carboxylic acids is 2. The fraction of sp³-hybridized carbons (Fsp3) is 0.385. The number of aromatic carboxylic acids is 1. The van der Waals surface area contributed by atoms with Gasteiger partial charge in [-0.1, -0.05) is 32.0 Å². The summed E-state index contributed by atoms with van der Waals surface area (Å²) >= 11 is 0. The van der Waals surface area contributed by atoms with Crippen LogP contribution in [0.1, 0.15) is 29.8 Å². The molecule has 5 heteroatoms. The third kappa shape index (κ3) is 5.45. The molecule has 0 aromatic heterocycles. The van der Waals surface area contributed by atoms with E-state index in [2.05, 4.69) is 0 Å². The number of rotatable bonds is 3. The quantitative estimate of drug-likeness (QED) is 0.761. The summed E-state index contributed by atoms with van der Waals surface area (Å²) in [4.78, 5) is 20.4. The molecule has 0 radical (unpaired) electrons. The molecule has 0 aliphatic rings. The van der Waals surface area contributed by atoms with Crippen molar-refractivity contribution in [1.82, 2.24) is 0 Å². The molecule has 0 saturated heterocycles. The van der Waals surface area contributed by atoms with Crippen molar-refractivity contribution < 1.29 is 19.8 Å². The molecule has 18 heavy (non-hydrogen) atoms. The smallest absolute Gasteiger partial charge is 0.335 e. The lowest BCUT2D eigenvalue weighted by Gasteiger charge is -2.07. The largest absolute Gasteiger partial charge is 0.480 e. The summed E-state index contributed by atoms with van der Waals surface area (Å²) in [7, 11) is 0. The average Bonchev–Trinajstić information content (AvgIpc) is 2.28. The molecule has 5 nitrogen and oxygen atoms in total. The maximum atomic E-state index is 10.4. The molecule has 0 saturated carbocycles. The van der Waals surface area contributed by atoms with Crippen molar-refractivity contribution >= 4 is 11.9 Å². The van der Waals surface area contributed by atoms with Gasteiger partial charge in [-0.05, 0) is 24.5 Å². The topological polar surface area (TPSA) is 101 Å². The molecule has 0 fully saturated rings. The van der Waals surface area contributed by atoms with Gasteiger partial charge in [0.15, 0.2) is 0 Å². The van der Waals surface area contributed by atoms with Crippen LogP contribution in [0.3, 0.4) is 0 Å². The molecule has 1 aromatic rings. The molecular weight excluding hydrogens is 234 g/mol. The van der Waals surface area contributed by atoms with Crippen molar-refractivity contribution in [3.8, 4) is 0 Å². The maximum Gasteiger partial charge on any atom is 0.335 e. The van der Waals surface area contributed by atoms with E-state index in [4.69, 9.17) is 15.9 Å². The summed E-state index contributed by atoms with van der Waals surface area (Å²) in [5, 5.41) is 16.8. The Morgan fingerprint density at radius 2 is 1.67 bits per heavy atom. The van der Waals surface area contributed by atoms with Crippen LogP contribution in [0, 0.1) is 12.8 Å². The van der Waals surface area contributed by atoms with Crippen molar-refractivity contribution in [2.24, 2.45) is 11.7 Å². The SMILES string of the molecule is CC(C)[C@H](N)C(=O)O.Cc1ccccc1C(=O)O. The summed E-state index contributed by atoms with van der Waals surface area (Å²) in [5.74, 6) is -1.77. The molecule has 0 spiro atoms. The van der Waals surface area contributed by atoms with Crippen molar-refractivity contribution in [3.05, 3.63) is 35.4 Å². The van der Waals surface area contributed by atoms with Crippen LogP contribution in [0.25, 0.3) is 0 Å². The van der Waals surface area contributed by atoms with Gasteiger partial charge in [-0.15, -0.1) is 0 Å². The second kappa shape index (κ2) is 7.45. The Morgan fingerprint density at radius 1 is 1.17 bits per heavy atom. The van der Waals surface area contributed by atoms with Gasteiger partial charge in [0.1, 0.15) is 6.04 Å². The van der Waals surface area contributed by atoms with Gasteiger partial charge in [0.2, 0.25) is 0 Å². The molecule has 0 heterocycles. The van der Waals surface area contributed by atoms with E-state index in [0.29, 0.717) is 5.56 Å². The Balaban J connectivity index is 0.000000331. The minimum absolute atomic E-state index is 0.0208. The third-order valence-electron chi connectivity index (χ3n) is 2.38. The van der Waals surface area contributed by atoms with Crippen LogP contribution in [0.4, 0.5) is 0 Å². The molecule has 0 amide bonds. The average molecular weight is 253 g/mol. The Morgan fingerprint density at radius 3 is 1.89 bits per heavy atom. The van der Waals surface area contributed by atoms with Gasteiger partial charge in [0.25, 0.3) is 0 Å². The number of hydrogen-bond donors (Lipinski definition) is 3. The Labute approximate surface area is 106 Å². The normalized spacial score (nSPS) is 11.4.